The quantitative estimate of drug-likeness (QED) is 0.748. The van der Waals surface area contributed by atoms with Gasteiger partial charge in [0.25, 0.3) is 0 Å². The highest BCUT2D eigenvalue weighted by molar-refractivity contribution is 5.28. The standard InChI is InChI=1S/C22H30N2O3/c1-2-27-22-8-6-18(7-9-22)16-24-12-11-23(17-20(24)10-13-25)15-19-4-3-5-21(26)14-19/h3-9,14,20,25-26H,2,10-13,15-17H2,1H3/t20-/m1/s1. The van der Waals surface area contributed by atoms with Crippen LogP contribution < -0.4 is 4.74 Å². The molecule has 1 atom stereocenters. The molecule has 1 saturated heterocycles. The van der Waals surface area contributed by atoms with Crippen molar-refractivity contribution in [3.8, 4) is 11.5 Å². The Bertz CT molecular complexity index is 705. The van der Waals surface area contributed by atoms with Crippen LogP contribution in [0.15, 0.2) is 48.5 Å². The van der Waals surface area contributed by atoms with E-state index in [1.807, 2.05) is 37.3 Å². The van der Waals surface area contributed by atoms with E-state index < -0.39 is 0 Å². The molecule has 27 heavy (non-hydrogen) atoms. The third-order valence-electron chi connectivity index (χ3n) is 5.09. The average molecular weight is 370 g/mol. The number of rotatable bonds is 8. The van der Waals surface area contributed by atoms with Gasteiger partial charge in [-0.2, -0.15) is 0 Å². The summed E-state index contributed by atoms with van der Waals surface area (Å²) >= 11 is 0. The van der Waals surface area contributed by atoms with Gasteiger partial charge in [-0.15, -0.1) is 0 Å². The summed E-state index contributed by atoms with van der Waals surface area (Å²) in [7, 11) is 0. The zero-order chi connectivity index (χ0) is 19.1. The molecular formula is C22H30N2O3. The number of aliphatic hydroxyl groups is 1. The molecule has 2 aromatic rings. The lowest BCUT2D eigenvalue weighted by molar-refractivity contribution is 0.0499. The summed E-state index contributed by atoms with van der Waals surface area (Å²) < 4.78 is 5.52. The molecule has 146 valence electrons. The summed E-state index contributed by atoms with van der Waals surface area (Å²) in [6.45, 7) is 7.45. The Morgan fingerprint density at radius 3 is 2.56 bits per heavy atom. The van der Waals surface area contributed by atoms with Gasteiger partial charge in [-0.25, -0.2) is 0 Å². The van der Waals surface area contributed by atoms with Gasteiger partial charge in [0.1, 0.15) is 11.5 Å². The lowest BCUT2D eigenvalue weighted by atomic mass is 10.1. The van der Waals surface area contributed by atoms with Gasteiger partial charge in [0.2, 0.25) is 0 Å². The second kappa shape index (κ2) is 9.74. The summed E-state index contributed by atoms with van der Waals surface area (Å²) in [4.78, 5) is 4.87. The summed E-state index contributed by atoms with van der Waals surface area (Å²) in [6.07, 6.45) is 0.771. The third kappa shape index (κ3) is 5.70. The van der Waals surface area contributed by atoms with Crippen LogP contribution in [0, 0.1) is 0 Å². The first kappa shape index (κ1) is 19.7. The molecule has 0 aromatic heterocycles. The van der Waals surface area contributed by atoms with Crippen LogP contribution in [0.5, 0.6) is 11.5 Å². The van der Waals surface area contributed by atoms with Crippen molar-refractivity contribution in [3.05, 3.63) is 59.7 Å². The van der Waals surface area contributed by atoms with E-state index in [9.17, 15) is 10.2 Å². The Hall–Kier alpha value is -2.08. The predicted octanol–water partition coefficient (Wildman–Crippen LogP) is 2.86. The molecule has 2 aromatic carbocycles. The van der Waals surface area contributed by atoms with Gasteiger partial charge in [-0.05, 0) is 48.7 Å². The number of ether oxygens (including phenoxy) is 1. The zero-order valence-corrected chi connectivity index (χ0v) is 16.1. The molecule has 0 amide bonds. The average Bonchev–Trinajstić information content (AvgIpc) is 2.66. The molecule has 0 aliphatic carbocycles. The lowest BCUT2D eigenvalue weighted by Crippen LogP contribution is -2.52. The fourth-order valence-corrected chi connectivity index (χ4v) is 3.74. The smallest absolute Gasteiger partial charge is 0.119 e. The van der Waals surface area contributed by atoms with E-state index in [0.717, 1.165) is 50.5 Å². The number of phenolic OH excluding ortho intramolecular Hbond substituents is 1. The molecule has 1 aliphatic heterocycles. The second-order valence-electron chi connectivity index (χ2n) is 7.12. The van der Waals surface area contributed by atoms with Crippen molar-refractivity contribution in [1.29, 1.82) is 0 Å². The minimum atomic E-state index is 0.199. The molecule has 0 saturated carbocycles. The van der Waals surface area contributed by atoms with Gasteiger partial charge in [0, 0.05) is 45.4 Å². The molecule has 0 radical (unpaired) electrons. The first-order valence-electron chi connectivity index (χ1n) is 9.75. The molecule has 5 heteroatoms. The molecule has 0 spiro atoms. The largest absolute Gasteiger partial charge is 0.508 e. The van der Waals surface area contributed by atoms with Crippen LogP contribution in [0.1, 0.15) is 24.5 Å². The van der Waals surface area contributed by atoms with Crippen LogP contribution in [-0.4, -0.2) is 58.9 Å². The van der Waals surface area contributed by atoms with Crippen molar-refractivity contribution in [1.82, 2.24) is 9.80 Å². The number of aliphatic hydroxyl groups excluding tert-OH is 1. The van der Waals surface area contributed by atoms with Crippen LogP contribution in [-0.2, 0) is 13.1 Å². The number of piperazine rings is 1. The van der Waals surface area contributed by atoms with E-state index in [1.54, 1.807) is 6.07 Å². The highest BCUT2D eigenvalue weighted by atomic mass is 16.5. The van der Waals surface area contributed by atoms with Gasteiger partial charge in [0.05, 0.1) is 6.61 Å². The highest BCUT2D eigenvalue weighted by Gasteiger charge is 2.26. The Labute approximate surface area is 161 Å². The molecule has 1 aliphatic rings. The Balaban J connectivity index is 1.60. The number of phenols is 1. The summed E-state index contributed by atoms with van der Waals surface area (Å²) in [6, 6.07) is 16.1. The van der Waals surface area contributed by atoms with Gasteiger partial charge in [-0.1, -0.05) is 24.3 Å². The molecule has 1 fully saturated rings. The van der Waals surface area contributed by atoms with Crippen LogP contribution in [0.2, 0.25) is 0 Å². The maximum absolute atomic E-state index is 9.67. The molecule has 5 nitrogen and oxygen atoms in total. The number of benzene rings is 2. The van der Waals surface area contributed by atoms with Crippen molar-refractivity contribution >= 4 is 0 Å². The second-order valence-corrected chi connectivity index (χ2v) is 7.12. The first-order chi connectivity index (χ1) is 13.2. The van der Waals surface area contributed by atoms with Gasteiger partial charge >= 0.3 is 0 Å². The summed E-state index contributed by atoms with van der Waals surface area (Å²) in [5.41, 5.74) is 2.39. The van der Waals surface area contributed by atoms with E-state index >= 15 is 0 Å². The van der Waals surface area contributed by atoms with Crippen molar-refractivity contribution in [2.24, 2.45) is 0 Å². The molecule has 1 heterocycles. The van der Waals surface area contributed by atoms with Gasteiger partial charge in [-0.3, -0.25) is 9.80 Å². The van der Waals surface area contributed by atoms with Crippen molar-refractivity contribution in [2.45, 2.75) is 32.5 Å². The number of hydrogen-bond donors (Lipinski definition) is 2. The topological polar surface area (TPSA) is 56.2 Å². The normalized spacial score (nSPS) is 18.5. The molecule has 0 unspecified atom stereocenters. The fraction of sp³-hybridized carbons (Fsp3) is 0.455. The summed E-state index contributed by atoms with van der Waals surface area (Å²) in [5, 5.41) is 19.2. The highest BCUT2D eigenvalue weighted by Crippen LogP contribution is 2.21. The fourth-order valence-electron chi connectivity index (χ4n) is 3.74. The Morgan fingerprint density at radius 1 is 1.04 bits per heavy atom. The van der Waals surface area contributed by atoms with E-state index in [-0.39, 0.29) is 6.61 Å². The van der Waals surface area contributed by atoms with Gasteiger partial charge in [0.15, 0.2) is 0 Å². The van der Waals surface area contributed by atoms with Crippen LogP contribution in [0.25, 0.3) is 0 Å². The molecule has 3 rings (SSSR count). The maximum Gasteiger partial charge on any atom is 0.119 e. The van der Waals surface area contributed by atoms with E-state index in [0.29, 0.717) is 18.4 Å². The minimum absolute atomic E-state index is 0.199. The predicted molar refractivity (Wildman–Crippen MR) is 107 cm³/mol. The van der Waals surface area contributed by atoms with Crippen molar-refractivity contribution in [3.63, 3.8) is 0 Å². The Morgan fingerprint density at radius 2 is 1.85 bits per heavy atom. The van der Waals surface area contributed by atoms with Crippen molar-refractivity contribution < 1.29 is 14.9 Å². The molecule has 0 bridgehead atoms. The minimum Gasteiger partial charge on any atom is -0.508 e. The van der Waals surface area contributed by atoms with Gasteiger partial charge < -0.3 is 14.9 Å². The third-order valence-corrected chi connectivity index (χ3v) is 5.09. The number of hydrogen-bond acceptors (Lipinski definition) is 5. The SMILES string of the molecule is CCOc1ccc(CN2CCN(Cc3cccc(O)c3)C[C@H]2CCO)cc1. The lowest BCUT2D eigenvalue weighted by Gasteiger charge is -2.41. The first-order valence-corrected chi connectivity index (χ1v) is 9.75. The monoisotopic (exact) mass is 370 g/mol. The molecule has 2 N–H and O–H groups in total. The maximum atomic E-state index is 9.67. The molecular weight excluding hydrogens is 340 g/mol. The van der Waals surface area contributed by atoms with Crippen LogP contribution >= 0.6 is 0 Å². The van der Waals surface area contributed by atoms with E-state index in [1.165, 1.54) is 5.56 Å². The van der Waals surface area contributed by atoms with Crippen LogP contribution in [0.3, 0.4) is 0 Å². The summed E-state index contributed by atoms with van der Waals surface area (Å²) in [5.74, 6) is 1.22. The van der Waals surface area contributed by atoms with E-state index in [2.05, 4.69) is 21.9 Å². The zero-order valence-electron chi connectivity index (χ0n) is 16.1. The van der Waals surface area contributed by atoms with E-state index in [4.69, 9.17) is 4.74 Å². The number of aromatic hydroxyl groups is 1. The van der Waals surface area contributed by atoms with Crippen LogP contribution in [0.4, 0.5) is 0 Å². The Kier molecular flexibility index (Phi) is 7.10. The number of nitrogens with zero attached hydrogens (tertiary/aromatic N) is 2. The van der Waals surface area contributed by atoms with Crippen molar-refractivity contribution in [2.75, 3.05) is 32.8 Å².